The maximum absolute atomic E-state index is 13.3. The first-order chi connectivity index (χ1) is 14.7. The van der Waals surface area contributed by atoms with Crippen molar-refractivity contribution in [1.29, 1.82) is 0 Å². The van der Waals surface area contributed by atoms with Crippen molar-refractivity contribution in [2.75, 3.05) is 6.61 Å². The van der Waals surface area contributed by atoms with Gasteiger partial charge in [-0.25, -0.2) is 4.79 Å². The molecule has 0 amide bonds. The molecule has 0 radical (unpaired) electrons. The summed E-state index contributed by atoms with van der Waals surface area (Å²) in [4.78, 5) is 13.3. The summed E-state index contributed by atoms with van der Waals surface area (Å²) in [5.41, 5.74) is 2.13. The van der Waals surface area contributed by atoms with Crippen molar-refractivity contribution in [3.05, 3.63) is 63.2 Å². The molecule has 0 bridgehead atoms. The van der Waals surface area contributed by atoms with Gasteiger partial charge in [0.05, 0.1) is 11.7 Å². The molecule has 2 heterocycles. The molecule has 1 saturated heterocycles. The van der Waals surface area contributed by atoms with Gasteiger partial charge in [-0.2, -0.15) is 0 Å². The second-order valence-corrected chi connectivity index (χ2v) is 9.39. The Morgan fingerprint density at radius 3 is 2.57 bits per heavy atom. The molecule has 3 aliphatic rings. The Balaban J connectivity index is 1.57. The van der Waals surface area contributed by atoms with Crippen LogP contribution in [0.5, 0.6) is 5.75 Å². The first-order valence-electron chi connectivity index (χ1n) is 11.8. The van der Waals surface area contributed by atoms with Crippen molar-refractivity contribution < 1.29 is 14.3 Å². The summed E-state index contributed by atoms with van der Waals surface area (Å²) >= 11 is 0. The van der Waals surface area contributed by atoms with E-state index >= 15 is 0 Å². The van der Waals surface area contributed by atoms with Crippen LogP contribution in [0.2, 0.25) is 0 Å². The molecular weight excluding hydrogens is 376 g/mol. The minimum absolute atomic E-state index is 0.0743. The SMILES string of the molecule is O=c1oc2c(c(O)c1C(c1ccccc1)C1CC1)CCCCCC2CC1CCCO1. The number of aromatic hydroxyl groups is 1. The maximum atomic E-state index is 13.3. The Bertz CT molecular complexity index is 922. The highest BCUT2D eigenvalue weighted by atomic mass is 16.5. The number of hydrogen-bond donors (Lipinski definition) is 1. The first-order valence-corrected chi connectivity index (χ1v) is 11.8. The predicted molar refractivity (Wildman–Crippen MR) is 116 cm³/mol. The standard InChI is InChI=1S/C26H32O4/c27-24-21-12-6-2-5-10-19(16-20-11-7-15-29-20)25(21)30-26(28)23(24)22(18-13-14-18)17-8-3-1-4-9-17/h1,3-4,8-9,18-20,22,27H,2,5-7,10-16H2. The molecule has 30 heavy (non-hydrogen) atoms. The summed E-state index contributed by atoms with van der Waals surface area (Å²) in [6.07, 6.45) is 10.6. The molecule has 4 heteroatoms. The molecule has 3 atom stereocenters. The molecule has 2 aliphatic carbocycles. The van der Waals surface area contributed by atoms with Gasteiger partial charge in [-0.3, -0.25) is 0 Å². The third-order valence-corrected chi connectivity index (χ3v) is 7.25. The van der Waals surface area contributed by atoms with Gasteiger partial charge in [0.2, 0.25) is 0 Å². The molecule has 1 aromatic heterocycles. The Kier molecular flexibility index (Phi) is 5.68. The smallest absolute Gasteiger partial charge is 0.343 e. The lowest BCUT2D eigenvalue weighted by molar-refractivity contribution is 0.0935. The molecule has 1 saturated carbocycles. The Hall–Kier alpha value is -2.07. The zero-order valence-electron chi connectivity index (χ0n) is 17.6. The second-order valence-electron chi connectivity index (χ2n) is 9.39. The van der Waals surface area contributed by atoms with E-state index in [0.717, 1.165) is 87.7 Å². The monoisotopic (exact) mass is 408 g/mol. The van der Waals surface area contributed by atoms with Crippen LogP contribution in [0.1, 0.15) is 92.1 Å². The average molecular weight is 409 g/mol. The van der Waals surface area contributed by atoms with Gasteiger partial charge in [-0.05, 0) is 62.8 Å². The van der Waals surface area contributed by atoms with Crippen LogP contribution in [0.3, 0.4) is 0 Å². The van der Waals surface area contributed by atoms with Crippen molar-refractivity contribution in [3.8, 4) is 5.75 Å². The Labute approximate surface area is 178 Å². The molecule has 4 nitrogen and oxygen atoms in total. The normalized spacial score (nSPS) is 25.3. The summed E-state index contributed by atoms with van der Waals surface area (Å²) in [6.45, 7) is 0.832. The zero-order valence-corrected chi connectivity index (χ0v) is 17.6. The zero-order chi connectivity index (χ0) is 20.5. The van der Waals surface area contributed by atoms with E-state index in [2.05, 4.69) is 12.1 Å². The highest BCUT2D eigenvalue weighted by Gasteiger charge is 2.39. The van der Waals surface area contributed by atoms with Crippen LogP contribution in [0.25, 0.3) is 0 Å². The predicted octanol–water partition coefficient (Wildman–Crippen LogP) is 5.66. The van der Waals surface area contributed by atoms with Gasteiger partial charge in [0, 0.05) is 24.0 Å². The van der Waals surface area contributed by atoms with E-state index in [-0.39, 0.29) is 29.3 Å². The van der Waals surface area contributed by atoms with Gasteiger partial charge in [-0.15, -0.1) is 0 Å². The van der Waals surface area contributed by atoms with Crippen molar-refractivity contribution in [3.63, 3.8) is 0 Å². The van der Waals surface area contributed by atoms with Crippen LogP contribution >= 0.6 is 0 Å². The molecule has 0 spiro atoms. The third kappa shape index (κ3) is 3.94. The topological polar surface area (TPSA) is 59.7 Å². The largest absolute Gasteiger partial charge is 0.507 e. The fourth-order valence-corrected chi connectivity index (χ4v) is 5.58. The van der Waals surface area contributed by atoms with Crippen molar-refractivity contribution in [2.45, 2.75) is 82.1 Å². The molecule has 2 aromatic rings. The summed E-state index contributed by atoms with van der Waals surface area (Å²) < 4.78 is 12.0. The van der Waals surface area contributed by atoms with E-state index in [0.29, 0.717) is 11.5 Å². The van der Waals surface area contributed by atoms with E-state index in [1.807, 2.05) is 18.2 Å². The maximum Gasteiger partial charge on any atom is 0.343 e. The molecule has 5 rings (SSSR count). The van der Waals surface area contributed by atoms with Gasteiger partial charge in [0.15, 0.2) is 0 Å². The molecule has 160 valence electrons. The summed E-state index contributed by atoms with van der Waals surface area (Å²) in [6, 6.07) is 10.1. The number of rotatable bonds is 5. The van der Waals surface area contributed by atoms with E-state index in [9.17, 15) is 9.90 Å². The lowest BCUT2D eigenvalue weighted by Crippen LogP contribution is -2.21. The van der Waals surface area contributed by atoms with Crippen LogP contribution in [0.4, 0.5) is 0 Å². The average Bonchev–Trinajstić information content (AvgIpc) is 3.44. The summed E-state index contributed by atoms with van der Waals surface area (Å²) in [5.74, 6) is 1.44. The Morgan fingerprint density at radius 1 is 1.00 bits per heavy atom. The number of fused-ring (bicyclic) bond motifs is 1. The van der Waals surface area contributed by atoms with E-state index < -0.39 is 0 Å². The molecule has 1 aromatic carbocycles. The van der Waals surface area contributed by atoms with Crippen LogP contribution in [-0.4, -0.2) is 17.8 Å². The minimum atomic E-state index is -0.343. The third-order valence-electron chi connectivity index (χ3n) is 7.25. The van der Waals surface area contributed by atoms with E-state index in [1.165, 1.54) is 0 Å². The highest BCUT2D eigenvalue weighted by molar-refractivity contribution is 5.47. The molecule has 1 aliphatic heterocycles. The Morgan fingerprint density at radius 2 is 1.83 bits per heavy atom. The van der Waals surface area contributed by atoms with Gasteiger partial charge in [0.25, 0.3) is 0 Å². The quantitative estimate of drug-likeness (QED) is 0.694. The van der Waals surface area contributed by atoms with Crippen molar-refractivity contribution in [2.24, 2.45) is 5.92 Å². The van der Waals surface area contributed by atoms with Crippen LogP contribution < -0.4 is 5.63 Å². The molecular formula is C26H32O4. The van der Waals surface area contributed by atoms with Gasteiger partial charge >= 0.3 is 5.63 Å². The lowest BCUT2D eigenvalue weighted by atomic mass is 9.82. The van der Waals surface area contributed by atoms with Crippen molar-refractivity contribution in [1.82, 2.24) is 0 Å². The summed E-state index contributed by atoms with van der Waals surface area (Å²) in [7, 11) is 0. The fraction of sp³-hybridized carbons (Fsp3) is 0.577. The highest BCUT2D eigenvalue weighted by Crippen LogP contribution is 2.49. The molecule has 1 N–H and O–H groups in total. The molecule has 3 unspecified atom stereocenters. The second kappa shape index (κ2) is 8.58. The van der Waals surface area contributed by atoms with Gasteiger partial charge in [0.1, 0.15) is 11.5 Å². The van der Waals surface area contributed by atoms with Gasteiger partial charge in [-0.1, -0.05) is 43.2 Å². The first kappa shape index (κ1) is 19.9. The van der Waals surface area contributed by atoms with Crippen LogP contribution in [-0.2, 0) is 11.2 Å². The van der Waals surface area contributed by atoms with Crippen molar-refractivity contribution >= 4 is 0 Å². The number of benzene rings is 1. The van der Waals surface area contributed by atoms with Gasteiger partial charge < -0.3 is 14.3 Å². The van der Waals surface area contributed by atoms with Crippen LogP contribution in [0, 0.1) is 5.92 Å². The fourth-order valence-electron chi connectivity index (χ4n) is 5.58. The number of hydrogen-bond acceptors (Lipinski definition) is 4. The van der Waals surface area contributed by atoms with E-state index in [1.54, 1.807) is 0 Å². The lowest BCUT2D eigenvalue weighted by Gasteiger charge is -2.26. The van der Waals surface area contributed by atoms with Crippen LogP contribution in [0.15, 0.2) is 39.5 Å². The molecule has 2 fully saturated rings. The summed E-state index contributed by atoms with van der Waals surface area (Å²) in [5, 5.41) is 11.4. The van der Waals surface area contributed by atoms with E-state index in [4.69, 9.17) is 9.15 Å². The minimum Gasteiger partial charge on any atom is -0.507 e. The number of ether oxygens (including phenoxy) is 1.